The van der Waals surface area contributed by atoms with E-state index in [1.54, 1.807) is 0 Å². The molecule has 2 rings (SSSR count). The Morgan fingerprint density at radius 3 is 2.50 bits per heavy atom. The van der Waals surface area contributed by atoms with Crippen molar-refractivity contribution in [3.8, 4) is 11.5 Å². The van der Waals surface area contributed by atoms with Crippen LogP contribution in [-0.2, 0) is 5.33 Å². The van der Waals surface area contributed by atoms with Gasteiger partial charge in [-0.1, -0.05) is 53.5 Å². The minimum absolute atomic E-state index is 0.485. The van der Waals surface area contributed by atoms with Crippen LogP contribution in [0, 0.1) is 6.92 Å². The number of benzene rings is 2. The molecule has 0 amide bonds. The first-order chi connectivity index (χ1) is 9.51. The summed E-state index contributed by atoms with van der Waals surface area (Å²) in [6.45, 7) is 6.42. The van der Waals surface area contributed by atoms with E-state index in [-0.39, 0.29) is 0 Å². The molecule has 1 nitrogen and oxygen atoms in total. The molecule has 0 atom stereocenters. The lowest BCUT2D eigenvalue weighted by molar-refractivity contribution is 0.474. The molecule has 0 saturated heterocycles. The molecule has 0 aliphatic carbocycles. The van der Waals surface area contributed by atoms with Gasteiger partial charge in [0.25, 0.3) is 0 Å². The molecule has 2 aromatic rings. The van der Waals surface area contributed by atoms with Crippen molar-refractivity contribution in [1.29, 1.82) is 0 Å². The molecule has 0 heterocycles. The van der Waals surface area contributed by atoms with E-state index in [2.05, 4.69) is 54.9 Å². The molecule has 0 N–H and O–H groups in total. The summed E-state index contributed by atoms with van der Waals surface area (Å²) in [5.41, 5.74) is 3.46. The number of hydrogen-bond acceptors (Lipinski definition) is 1. The van der Waals surface area contributed by atoms with Crippen molar-refractivity contribution in [3.05, 3.63) is 58.1 Å². The molecular weight excluding hydrogens is 336 g/mol. The van der Waals surface area contributed by atoms with Gasteiger partial charge in [0.15, 0.2) is 0 Å². The summed E-state index contributed by atoms with van der Waals surface area (Å²) in [5, 5.41) is 1.44. The van der Waals surface area contributed by atoms with Gasteiger partial charge in [-0.2, -0.15) is 0 Å². The number of ether oxygens (including phenoxy) is 1. The average Bonchev–Trinajstić information content (AvgIpc) is 2.42. The molecule has 106 valence electrons. The first-order valence-corrected chi connectivity index (χ1v) is 8.14. The average molecular weight is 354 g/mol. The summed E-state index contributed by atoms with van der Waals surface area (Å²) < 4.78 is 6.09. The van der Waals surface area contributed by atoms with Crippen LogP contribution in [-0.4, -0.2) is 0 Å². The summed E-state index contributed by atoms with van der Waals surface area (Å²) in [6.07, 6.45) is 0. The third-order valence-electron chi connectivity index (χ3n) is 3.27. The maximum absolute atomic E-state index is 6.09. The Labute approximate surface area is 134 Å². The van der Waals surface area contributed by atoms with Crippen LogP contribution in [0.1, 0.15) is 36.5 Å². The Balaban J connectivity index is 2.36. The van der Waals surface area contributed by atoms with Crippen LogP contribution in [0.4, 0.5) is 0 Å². The van der Waals surface area contributed by atoms with E-state index in [0.29, 0.717) is 11.2 Å². The lowest BCUT2D eigenvalue weighted by atomic mass is 10.0. The molecule has 0 unspecified atom stereocenters. The highest BCUT2D eigenvalue weighted by Crippen LogP contribution is 2.32. The van der Waals surface area contributed by atoms with Crippen molar-refractivity contribution in [2.45, 2.75) is 32.0 Å². The molecule has 0 spiro atoms. The molecule has 0 saturated carbocycles. The van der Waals surface area contributed by atoms with Crippen molar-refractivity contribution in [3.63, 3.8) is 0 Å². The van der Waals surface area contributed by atoms with Gasteiger partial charge in [0, 0.05) is 15.9 Å². The van der Waals surface area contributed by atoms with Gasteiger partial charge in [-0.3, -0.25) is 0 Å². The van der Waals surface area contributed by atoms with Crippen LogP contribution >= 0.6 is 27.5 Å². The van der Waals surface area contributed by atoms with E-state index >= 15 is 0 Å². The molecule has 20 heavy (non-hydrogen) atoms. The second kappa shape index (κ2) is 6.64. The Kier molecular flexibility index (Phi) is 5.11. The quantitative estimate of drug-likeness (QED) is 0.573. The second-order valence-corrected chi connectivity index (χ2v) is 6.16. The normalized spacial score (nSPS) is 10.9. The molecule has 0 radical (unpaired) electrons. The summed E-state index contributed by atoms with van der Waals surface area (Å²) in [6, 6.07) is 12.1. The van der Waals surface area contributed by atoms with Crippen LogP contribution < -0.4 is 4.74 Å². The van der Waals surface area contributed by atoms with Crippen LogP contribution in [0.15, 0.2) is 36.4 Å². The smallest absolute Gasteiger partial charge is 0.131 e. The predicted molar refractivity (Wildman–Crippen MR) is 89.4 cm³/mol. The minimum Gasteiger partial charge on any atom is -0.457 e. The molecule has 0 aliphatic rings. The fourth-order valence-corrected chi connectivity index (χ4v) is 2.59. The van der Waals surface area contributed by atoms with Gasteiger partial charge in [0.05, 0.1) is 0 Å². The highest BCUT2D eigenvalue weighted by atomic mass is 79.9. The molecule has 0 bridgehead atoms. The van der Waals surface area contributed by atoms with Crippen molar-refractivity contribution in [2.75, 3.05) is 0 Å². The molecule has 3 heteroatoms. The maximum Gasteiger partial charge on any atom is 0.131 e. The first kappa shape index (κ1) is 15.4. The van der Waals surface area contributed by atoms with Gasteiger partial charge in [-0.05, 0) is 48.2 Å². The third kappa shape index (κ3) is 3.56. The minimum atomic E-state index is 0.485. The predicted octanol–water partition coefficient (Wildman–Crippen LogP) is 6.46. The van der Waals surface area contributed by atoms with E-state index in [9.17, 15) is 0 Å². The molecule has 2 aromatic carbocycles. The van der Waals surface area contributed by atoms with E-state index in [0.717, 1.165) is 27.6 Å². The summed E-state index contributed by atoms with van der Waals surface area (Å²) >= 11 is 9.49. The number of aryl methyl sites for hydroxylation is 1. The number of halogens is 2. The van der Waals surface area contributed by atoms with Crippen molar-refractivity contribution in [1.82, 2.24) is 0 Å². The Morgan fingerprint density at radius 1 is 1.10 bits per heavy atom. The largest absolute Gasteiger partial charge is 0.457 e. The lowest BCUT2D eigenvalue weighted by Crippen LogP contribution is -1.94. The zero-order chi connectivity index (χ0) is 14.7. The third-order valence-corrected chi connectivity index (χ3v) is 4.10. The summed E-state index contributed by atoms with van der Waals surface area (Å²) in [7, 11) is 0. The second-order valence-electron chi connectivity index (χ2n) is 5.17. The molecule has 0 fully saturated rings. The van der Waals surface area contributed by atoms with Crippen LogP contribution in [0.25, 0.3) is 0 Å². The van der Waals surface area contributed by atoms with E-state index in [1.165, 1.54) is 5.56 Å². The van der Waals surface area contributed by atoms with Gasteiger partial charge in [0.2, 0.25) is 0 Å². The van der Waals surface area contributed by atoms with E-state index in [4.69, 9.17) is 16.3 Å². The standard InChI is InChI=1S/C17H18BrClO/c1-11(2)13-5-4-12(3)17(9-13)20-16-7-6-15(19)8-14(16)10-18/h4-9,11H,10H2,1-3H3. The van der Waals surface area contributed by atoms with E-state index < -0.39 is 0 Å². The first-order valence-electron chi connectivity index (χ1n) is 6.64. The zero-order valence-corrected chi connectivity index (χ0v) is 14.3. The molecule has 0 aliphatic heterocycles. The number of hydrogen-bond donors (Lipinski definition) is 0. The van der Waals surface area contributed by atoms with Crippen molar-refractivity contribution >= 4 is 27.5 Å². The monoisotopic (exact) mass is 352 g/mol. The van der Waals surface area contributed by atoms with E-state index in [1.807, 2.05) is 18.2 Å². The van der Waals surface area contributed by atoms with Crippen LogP contribution in [0.3, 0.4) is 0 Å². The van der Waals surface area contributed by atoms with Crippen molar-refractivity contribution in [2.24, 2.45) is 0 Å². The fourth-order valence-electron chi connectivity index (χ4n) is 1.96. The zero-order valence-electron chi connectivity index (χ0n) is 11.9. The Bertz CT molecular complexity index is 608. The Hall–Kier alpha value is -0.990. The lowest BCUT2D eigenvalue weighted by Gasteiger charge is -2.14. The number of rotatable bonds is 4. The van der Waals surface area contributed by atoms with Gasteiger partial charge in [0.1, 0.15) is 11.5 Å². The van der Waals surface area contributed by atoms with Crippen LogP contribution in [0.5, 0.6) is 11.5 Å². The van der Waals surface area contributed by atoms with Crippen molar-refractivity contribution < 1.29 is 4.74 Å². The van der Waals surface area contributed by atoms with Crippen LogP contribution in [0.2, 0.25) is 5.02 Å². The highest BCUT2D eigenvalue weighted by molar-refractivity contribution is 9.08. The summed E-state index contributed by atoms with van der Waals surface area (Å²) in [4.78, 5) is 0. The highest BCUT2D eigenvalue weighted by Gasteiger charge is 2.09. The maximum atomic E-state index is 6.09. The van der Waals surface area contributed by atoms with Gasteiger partial charge < -0.3 is 4.74 Å². The molecule has 0 aromatic heterocycles. The van der Waals surface area contributed by atoms with Gasteiger partial charge in [-0.25, -0.2) is 0 Å². The fraction of sp³-hybridized carbons (Fsp3) is 0.294. The topological polar surface area (TPSA) is 9.23 Å². The summed E-state index contributed by atoms with van der Waals surface area (Å²) in [5.74, 6) is 2.23. The Morgan fingerprint density at radius 2 is 1.85 bits per heavy atom. The number of alkyl halides is 1. The van der Waals surface area contributed by atoms with Gasteiger partial charge in [-0.15, -0.1) is 0 Å². The molecular formula is C17H18BrClO. The van der Waals surface area contributed by atoms with Gasteiger partial charge >= 0.3 is 0 Å². The SMILES string of the molecule is Cc1ccc(C(C)C)cc1Oc1ccc(Cl)cc1CBr.